The number of likely N-dealkylation sites (N-methyl/N-ethyl adjacent to an activating group) is 1. The Morgan fingerprint density at radius 3 is 3.00 bits per heavy atom. The summed E-state index contributed by atoms with van der Waals surface area (Å²) in [4.78, 5) is 2.36. The van der Waals surface area contributed by atoms with Gasteiger partial charge in [0.1, 0.15) is 11.5 Å². The van der Waals surface area contributed by atoms with E-state index in [0.717, 1.165) is 36.1 Å². The average Bonchev–Trinajstić information content (AvgIpc) is 2.51. The van der Waals surface area contributed by atoms with Gasteiger partial charge < -0.3 is 9.84 Å². The maximum atomic E-state index is 12.6. The van der Waals surface area contributed by atoms with E-state index in [0.29, 0.717) is 11.8 Å². The molecule has 0 saturated heterocycles. The molecule has 1 N–H and O–H groups in total. The number of phenols is 1. The molecule has 2 aliphatic rings. The minimum atomic E-state index is -0.838. The molecule has 1 heterocycles. The zero-order valence-corrected chi connectivity index (χ0v) is 12.5. The van der Waals surface area contributed by atoms with Crippen molar-refractivity contribution >= 4 is 0 Å². The first-order chi connectivity index (χ1) is 10.7. The van der Waals surface area contributed by atoms with Crippen LogP contribution in [0.4, 0.5) is 4.39 Å². The summed E-state index contributed by atoms with van der Waals surface area (Å²) in [5.74, 6) is 0.819. The van der Waals surface area contributed by atoms with Gasteiger partial charge in [0, 0.05) is 18.2 Å². The Balaban J connectivity index is 2.00. The number of ether oxygens (including phenoxy) is 1. The number of rotatable bonds is 2. The predicted octanol–water partition coefficient (Wildman–Crippen LogP) is 3.45. The molecule has 0 amide bonds. The molecule has 114 valence electrons. The zero-order valence-electron chi connectivity index (χ0n) is 12.5. The zero-order chi connectivity index (χ0) is 15.3. The first kappa shape index (κ1) is 13.6. The smallest absolute Gasteiger partial charge is 0.228 e. The van der Waals surface area contributed by atoms with Gasteiger partial charge in [0.25, 0.3) is 0 Å². The van der Waals surface area contributed by atoms with Gasteiger partial charge in [0.2, 0.25) is 6.86 Å². The minimum absolute atomic E-state index is 0.281. The number of nitrogens with zero attached hydrogens (tertiary/aromatic N) is 1. The van der Waals surface area contributed by atoms with Crippen molar-refractivity contribution in [3.05, 3.63) is 47.0 Å². The maximum absolute atomic E-state index is 12.6. The van der Waals surface area contributed by atoms with E-state index in [4.69, 9.17) is 4.74 Å². The van der Waals surface area contributed by atoms with Crippen LogP contribution in [-0.2, 0) is 12.8 Å². The summed E-state index contributed by atoms with van der Waals surface area (Å²) in [6.07, 6.45) is 1.81. The fraction of sp³-hybridized carbons (Fsp3) is 0.333. The second-order valence-electron chi connectivity index (χ2n) is 6.06. The largest absolute Gasteiger partial charge is 0.507 e. The first-order valence-corrected chi connectivity index (χ1v) is 7.56. The molecule has 3 nitrogen and oxygen atoms in total. The molecule has 22 heavy (non-hydrogen) atoms. The molecule has 1 aliphatic carbocycles. The summed E-state index contributed by atoms with van der Waals surface area (Å²) in [7, 11) is 2.14. The molecular formula is C18H18FNO2. The van der Waals surface area contributed by atoms with Gasteiger partial charge in [-0.05, 0) is 60.3 Å². The Bertz CT molecular complexity index is 744. The number of halogens is 1. The van der Waals surface area contributed by atoms with Crippen molar-refractivity contribution in [1.29, 1.82) is 0 Å². The van der Waals surface area contributed by atoms with Gasteiger partial charge in [-0.25, -0.2) is 4.39 Å². The summed E-state index contributed by atoms with van der Waals surface area (Å²) in [6.45, 7) is 0.138. The number of benzene rings is 2. The van der Waals surface area contributed by atoms with Crippen LogP contribution in [0.2, 0.25) is 0 Å². The van der Waals surface area contributed by atoms with Gasteiger partial charge in [-0.1, -0.05) is 12.1 Å². The van der Waals surface area contributed by atoms with Gasteiger partial charge in [0.15, 0.2) is 0 Å². The van der Waals surface area contributed by atoms with E-state index in [1.165, 1.54) is 11.1 Å². The molecule has 1 atom stereocenters. The molecule has 0 aromatic heterocycles. The highest BCUT2D eigenvalue weighted by atomic mass is 19.1. The quantitative estimate of drug-likeness (QED) is 0.922. The van der Waals surface area contributed by atoms with Crippen molar-refractivity contribution in [3.8, 4) is 22.6 Å². The van der Waals surface area contributed by atoms with Gasteiger partial charge in [-0.15, -0.1) is 0 Å². The van der Waals surface area contributed by atoms with E-state index in [9.17, 15) is 9.50 Å². The van der Waals surface area contributed by atoms with Crippen molar-refractivity contribution < 1.29 is 14.2 Å². The molecule has 0 unspecified atom stereocenters. The van der Waals surface area contributed by atoms with Crippen LogP contribution in [0.3, 0.4) is 0 Å². The summed E-state index contributed by atoms with van der Waals surface area (Å²) < 4.78 is 17.7. The Morgan fingerprint density at radius 2 is 2.18 bits per heavy atom. The van der Waals surface area contributed by atoms with E-state index < -0.39 is 6.86 Å². The van der Waals surface area contributed by atoms with Crippen molar-refractivity contribution in [1.82, 2.24) is 4.90 Å². The molecule has 4 rings (SSSR count). The second kappa shape index (κ2) is 4.99. The lowest BCUT2D eigenvalue weighted by atomic mass is 9.77. The molecule has 0 radical (unpaired) electrons. The lowest BCUT2D eigenvalue weighted by Crippen LogP contribution is -2.35. The molecule has 0 fully saturated rings. The fourth-order valence-corrected chi connectivity index (χ4v) is 3.84. The Morgan fingerprint density at radius 1 is 1.32 bits per heavy atom. The highest BCUT2D eigenvalue weighted by Crippen LogP contribution is 2.49. The summed E-state index contributed by atoms with van der Waals surface area (Å²) in [6, 6.07) is 9.77. The van der Waals surface area contributed by atoms with Gasteiger partial charge in [-0.2, -0.15) is 0 Å². The molecule has 1 aliphatic heterocycles. The van der Waals surface area contributed by atoms with Crippen LogP contribution in [0, 0.1) is 0 Å². The monoisotopic (exact) mass is 299 g/mol. The number of alkyl halides is 1. The normalized spacial score (nSPS) is 19.5. The Kier molecular flexibility index (Phi) is 3.08. The van der Waals surface area contributed by atoms with Crippen LogP contribution < -0.4 is 4.74 Å². The average molecular weight is 299 g/mol. The van der Waals surface area contributed by atoms with Crippen molar-refractivity contribution in [2.24, 2.45) is 0 Å². The van der Waals surface area contributed by atoms with E-state index in [1.807, 2.05) is 18.2 Å². The first-order valence-electron chi connectivity index (χ1n) is 7.56. The lowest BCUT2D eigenvalue weighted by Gasteiger charge is -2.40. The SMILES string of the molecule is CN1CCc2cc(OCF)cc3c2[C@H]1Cc1cccc(O)c1-3. The molecule has 0 bridgehead atoms. The van der Waals surface area contributed by atoms with Crippen molar-refractivity contribution in [2.75, 3.05) is 20.5 Å². The maximum Gasteiger partial charge on any atom is 0.228 e. The molecule has 2 aromatic rings. The number of hydrogen-bond donors (Lipinski definition) is 1. The third kappa shape index (κ3) is 1.91. The van der Waals surface area contributed by atoms with E-state index in [2.05, 4.69) is 18.0 Å². The third-order valence-corrected chi connectivity index (χ3v) is 4.87. The summed E-state index contributed by atoms with van der Waals surface area (Å²) in [5, 5.41) is 10.3. The van der Waals surface area contributed by atoms with Gasteiger partial charge in [-0.3, -0.25) is 4.90 Å². The summed E-state index contributed by atoms with van der Waals surface area (Å²) in [5.41, 5.74) is 5.45. The van der Waals surface area contributed by atoms with E-state index in [1.54, 1.807) is 6.07 Å². The minimum Gasteiger partial charge on any atom is -0.507 e. The van der Waals surface area contributed by atoms with Crippen molar-refractivity contribution in [3.63, 3.8) is 0 Å². The van der Waals surface area contributed by atoms with Gasteiger partial charge in [0.05, 0.1) is 0 Å². The van der Waals surface area contributed by atoms with Crippen LogP contribution in [-0.4, -0.2) is 30.5 Å². The summed E-state index contributed by atoms with van der Waals surface area (Å²) >= 11 is 0. The number of hydrogen-bond acceptors (Lipinski definition) is 3. The topological polar surface area (TPSA) is 32.7 Å². The van der Waals surface area contributed by atoms with Crippen molar-refractivity contribution in [2.45, 2.75) is 18.9 Å². The number of aromatic hydroxyl groups is 1. The van der Waals surface area contributed by atoms with E-state index >= 15 is 0 Å². The van der Waals surface area contributed by atoms with Crippen LogP contribution in [0.25, 0.3) is 11.1 Å². The predicted molar refractivity (Wildman–Crippen MR) is 82.9 cm³/mol. The van der Waals surface area contributed by atoms with Crippen LogP contribution in [0.1, 0.15) is 22.7 Å². The van der Waals surface area contributed by atoms with Crippen LogP contribution in [0.15, 0.2) is 30.3 Å². The molecule has 0 saturated carbocycles. The molecule has 0 spiro atoms. The van der Waals surface area contributed by atoms with Crippen LogP contribution in [0.5, 0.6) is 11.5 Å². The third-order valence-electron chi connectivity index (χ3n) is 4.87. The molecular weight excluding hydrogens is 281 g/mol. The highest BCUT2D eigenvalue weighted by molar-refractivity contribution is 5.81. The fourth-order valence-electron chi connectivity index (χ4n) is 3.84. The van der Waals surface area contributed by atoms with Crippen LogP contribution >= 0.6 is 0 Å². The standard InChI is InChI=1S/C18H18FNO2/c1-20-6-5-12-7-13(22-10-19)9-14-17(12)15(20)8-11-3-2-4-16(21)18(11)14/h2-4,7,9,15,21H,5-6,8,10H2,1H3/t15-/m1/s1. The number of fused-ring (bicyclic) bond motifs is 2. The number of phenolic OH excluding ortho intramolecular Hbond substituents is 1. The second-order valence-corrected chi connectivity index (χ2v) is 6.06. The Labute approximate surface area is 128 Å². The van der Waals surface area contributed by atoms with Gasteiger partial charge >= 0.3 is 0 Å². The highest BCUT2D eigenvalue weighted by Gasteiger charge is 2.34. The lowest BCUT2D eigenvalue weighted by molar-refractivity contribution is 0.190. The molecule has 2 aromatic carbocycles. The Hall–Kier alpha value is -2.07. The van der Waals surface area contributed by atoms with E-state index in [-0.39, 0.29) is 5.75 Å². The molecule has 4 heteroatoms.